The summed E-state index contributed by atoms with van der Waals surface area (Å²) in [6.45, 7) is 2.58. The number of hydrogen-bond acceptors (Lipinski definition) is 4. The zero-order valence-electron chi connectivity index (χ0n) is 19.2. The summed E-state index contributed by atoms with van der Waals surface area (Å²) in [4.78, 5) is 11.1. The Morgan fingerprint density at radius 1 is 1.09 bits per heavy atom. The molecule has 1 aromatic heterocycles. The van der Waals surface area contributed by atoms with Gasteiger partial charge in [0, 0.05) is 41.7 Å². The van der Waals surface area contributed by atoms with Crippen molar-refractivity contribution in [1.29, 1.82) is 0 Å². The van der Waals surface area contributed by atoms with E-state index in [2.05, 4.69) is 11.5 Å². The van der Waals surface area contributed by atoms with E-state index >= 15 is 0 Å². The number of imidazole rings is 1. The largest absolute Gasteiger partial charge is 0.396 e. The topological polar surface area (TPSA) is 50.5 Å². The average Bonchev–Trinajstić information content (AvgIpc) is 3.14. The maximum atomic E-state index is 9.24. The molecule has 0 unspecified atom stereocenters. The number of aliphatic hydroxyl groups is 1. The molecule has 1 aliphatic rings. The van der Waals surface area contributed by atoms with Gasteiger partial charge in [-0.1, -0.05) is 54.6 Å². The Morgan fingerprint density at radius 3 is 2.48 bits per heavy atom. The molecule has 1 saturated carbocycles. The minimum absolute atomic E-state index is 0.130. The van der Waals surface area contributed by atoms with Gasteiger partial charge in [0.25, 0.3) is 0 Å². The number of aromatic nitrogens is 2. The zero-order chi connectivity index (χ0) is 23.4. The molecule has 0 bridgehead atoms. The Kier molecular flexibility index (Phi) is 8.10. The molecule has 0 amide bonds. The zero-order valence-corrected chi connectivity index (χ0v) is 20.7. The normalized spacial score (nSPS) is 14.8. The van der Waals surface area contributed by atoms with Crippen LogP contribution in [0.5, 0.6) is 0 Å². The van der Waals surface area contributed by atoms with Gasteiger partial charge in [0.1, 0.15) is 12.4 Å². The van der Waals surface area contributed by atoms with Gasteiger partial charge in [0.15, 0.2) is 0 Å². The summed E-state index contributed by atoms with van der Waals surface area (Å²) < 4.78 is 2.11. The molecule has 176 valence electrons. The first kappa shape index (κ1) is 24.2. The van der Waals surface area contributed by atoms with Crippen molar-refractivity contribution >= 4 is 23.2 Å². The second-order valence-corrected chi connectivity index (χ2v) is 9.52. The first-order chi connectivity index (χ1) is 16.0. The number of halogens is 2. The van der Waals surface area contributed by atoms with Crippen LogP contribution in [0, 0.1) is 6.92 Å². The SMILES string of the molecule is Cc1c(CON(C)C2CCCCC2)nc(-c2ccc(Cl)cc2Cl)n1-c1ccc(CCO)cc1. The highest BCUT2D eigenvalue weighted by atomic mass is 35.5. The molecule has 0 saturated heterocycles. The number of hydroxylamine groups is 2. The van der Waals surface area contributed by atoms with Crippen molar-refractivity contribution in [2.75, 3.05) is 13.7 Å². The lowest BCUT2D eigenvalue weighted by Gasteiger charge is -2.30. The minimum Gasteiger partial charge on any atom is -0.396 e. The van der Waals surface area contributed by atoms with Crippen LogP contribution in [0.1, 0.15) is 49.1 Å². The van der Waals surface area contributed by atoms with E-state index in [0.717, 1.165) is 34.0 Å². The summed E-state index contributed by atoms with van der Waals surface area (Å²) >= 11 is 12.7. The Balaban J connectivity index is 1.68. The first-order valence-electron chi connectivity index (χ1n) is 11.6. The number of nitrogens with zero attached hydrogens (tertiary/aromatic N) is 3. The van der Waals surface area contributed by atoms with E-state index in [4.69, 9.17) is 33.0 Å². The predicted molar refractivity (Wildman–Crippen MR) is 134 cm³/mol. The third kappa shape index (κ3) is 5.61. The molecule has 2 aromatic carbocycles. The van der Waals surface area contributed by atoms with Crippen LogP contribution in [0.25, 0.3) is 17.1 Å². The minimum atomic E-state index is 0.130. The molecule has 1 fully saturated rings. The lowest BCUT2D eigenvalue weighted by Crippen LogP contribution is -2.33. The molecule has 1 aliphatic carbocycles. The Morgan fingerprint density at radius 2 is 1.82 bits per heavy atom. The molecule has 4 rings (SSSR count). The van der Waals surface area contributed by atoms with E-state index in [-0.39, 0.29) is 6.61 Å². The van der Waals surface area contributed by atoms with Gasteiger partial charge in [-0.25, -0.2) is 4.98 Å². The van der Waals surface area contributed by atoms with Crippen molar-refractivity contribution in [1.82, 2.24) is 14.6 Å². The lowest BCUT2D eigenvalue weighted by molar-refractivity contribution is -0.184. The summed E-state index contributed by atoms with van der Waals surface area (Å²) in [5, 5.41) is 12.4. The van der Waals surface area contributed by atoms with Gasteiger partial charge >= 0.3 is 0 Å². The number of hydrogen-bond donors (Lipinski definition) is 1. The molecule has 0 radical (unpaired) electrons. The number of rotatable bonds is 8. The van der Waals surface area contributed by atoms with E-state index in [1.54, 1.807) is 6.07 Å². The second kappa shape index (κ2) is 11.0. The maximum absolute atomic E-state index is 9.24. The summed E-state index contributed by atoms with van der Waals surface area (Å²) in [5.74, 6) is 0.753. The third-order valence-corrected chi connectivity index (χ3v) is 7.01. The predicted octanol–water partition coefficient (Wildman–Crippen LogP) is 6.39. The van der Waals surface area contributed by atoms with Crippen molar-refractivity contribution in [3.8, 4) is 17.1 Å². The van der Waals surface area contributed by atoms with E-state index < -0.39 is 0 Å². The molecule has 7 heteroatoms. The molecular weight excluding hydrogens is 457 g/mol. The van der Waals surface area contributed by atoms with Gasteiger partial charge in [0.2, 0.25) is 0 Å². The highest BCUT2D eigenvalue weighted by Crippen LogP contribution is 2.33. The fraction of sp³-hybridized carbons (Fsp3) is 0.423. The van der Waals surface area contributed by atoms with Gasteiger partial charge in [-0.2, -0.15) is 5.06 Å². The van der Waals surface area contributed by atoms with Gasteiger partial charge in [-0.05, 0) is 62.1 Å². The van der Waals surface area contributed by atoms with Crippen LogP contribution in [0.3, 0.4) is 0 Å². The van der Waals surface area contributed by atoms with Crippen LogP contribution < -0.4 is 0 Å². The molecular formula is C26H31Cl2N3O2. The van der Waals surface area contributed by atoms with E-state index in [1.807, 2.05) is 48.5 Å². The second-order valence-electron chi connectivity index (χ2n) is 8.68. The quantitative estimate of drug-likeness (QED) is 0.374. The van der Waals surface area contributed by atoms with Crippen molar-refractivity contribution in [2.45, 2.75) is 58.1 Å². The van der Waals surface area contributed by atoms with Gasteiger partial charge in [0.05, 0.1) is 10.7 Å². The van der Waals surface area contributed by atoms with Gasteiger partial charge in [-0.3, -0.25) is 9.40 Å². The first-order valence-corrected chi connectivity index (χ1v) is 12.3. The third-order valence-electron chi connectivity index (χ3n) is 6.47. The molecule has 1 N–H and O–H groups in total. The van der Waals surface area contributed by atoms with Gasteiger partial charge in [-0.15, -0.1) is 0 Å². The van der Waals surface area contributed by atoms with Crippen molar-refractivity contribution in [3.63, 3.8) is 0 Å². The van der Waals surface area contributed by atoms with E-state index in [9.17, 15) is 5.11 Å². The highest BCUT2D eigenvalue weighted by molar-refractivity contribution is 6.36. The van der Waals surface area contributed by atoms with Crippen molar-refractivity contribution in [2.24, 2.45) is 0 Å². The number of benzene rings is 2. The van der Waals surface area contributed by atoms with Crippen molar-refractivity contribution < 1.29 is 9.94 Å². The van der Waals surface area contributed by atoms with Crippen LogP contribution in [-0.2, 0) is 17.9 Å². The summed E-state index contributed by atoms with van der Waals surface area (Å²) in [7, 11) is 2.03. The molecule has 5 nitrogen and oxygen atoms in total. The van der Waals surface area contributed by atoms with Crippen molar-refractivity contribution in [3.05, 3.63) is 69.5 Å². The molecule has 0 spiro atoms. The Bertz CT molecular complexity index is 1080. The molecule has 33 heavy (non-hydrogen) atoms. The highest BCUT2D eigenvalue weighted by Gasteiger charge is 2.22. The summed E-state index contributed by atoms with van der Waals surface area (Å²) in [6, 6.07) is 14.1. The molecule has 1 heterocycles. The lowest BCUT2D eigenvalue weighted by atomic mass is 9.95. The van der Waals surface area contributed by atoms with E-state index in [1.165, 1.54) is 32.1 Å². The molecule has 0 atom stereocenters. The summed E-state index contributed by atoms with van der Waals surface area (Å²) in [6.07, 6.45) is 6.82. The molecule has 3 aromatic rings. The van der Waals surface area contributed by atoms with E-state index in [0.29, 0.717) is 29.1 Å². The van der Waals surface area contributed by atoms with Crippen LogP contribution >= 0.6 is 23.2 Å². The monoisotopic (exact) mass is 487 g/mol. The fourth-order valence-electron chi connectivity index (χ4n) is 4.50. The smallest absolute Gasteiger partial charge is 0.146 e. The summed E-state index contributed by atoms with van der Waals surface area (Å²) in [5.41, 5.74) is 4.76. The molecule has 0 aliphatic heterocycles. The standard InChI is InChI=1S/C26H31Cl2N3O2/c1-18-25(17-33-30(2)21-6-4-3-5-7-21)29-26(23-13-10-20(27)16-24(23)28)31(18)22-11-8-19(9-12-22)14-15-32/h8-13,16,21,32H,3-7,14-15,17H2,1-2H3. The Hall–Kier alpha value is -1.89. The fourth-order valence-corrected chi connectivity index (χ4v) is 5.00. The number of aliphatic hydroxyl groups excluding tert-OH is 1. The van der Waals surface area contributed by atoms with Crippen LogP contribution in [-0.4, -0.2) is 39.4 Å². The average molecular weight is 488 g/mol. The van der Waals surface area contributed by atoms with Crippen LogP contribution in [0.15, 0.2) is 42.5 Å². The van der Waals surface area contributed by atoms with Crippen LogP contribution in [0.4, 0.5) is 0 Å². The Labute approximate surface area is 205 Å². The maximum Gasteiger partial charge on any atom is 0.146 e. The van der Waals surface area contributed by atoms with Gasteiger partial charge < -0.3 is 5.11 Å². The van der Waals surface area contributed by atoms with Crippen LogP contribution in [0.2, 0.25) is 10.0 Å².